The number of allylic oxidation sites excluding steroid dienone is 4. The monoisotopic (exact) mass is 1800 g/mol. The van der Waals surface area contributed by atoms with Crippen LogP contribution >= 0.6 is 0 Å². The highest BCUT2D eigenvalue weighted by Gasteiger charge is 2.29. The number of hydrogen-bond donors (Lipinski definition) is 10. The van der Waals surface area contributed by atoms with Crippen LogP contribution in [-0.4, -0.2) is 159 Å². The Bertz CT molecular complexity index is 6550. The minimum absolute atomic E-state index is 0.115. The fourth-order valence-corrected chi connectivity index (χ4v) is 15.9. The molecule has 1 aliphatic heterocycles. The molecule has 18 aromatic rings. The highest BCUT2D eigenvalue weighted by molar-refractivity contribution is 6.11. The van der Waals surface area contributed by atoms with Crippen LogP contribution < -0.4 is 0 Å². The molecule has 135 heavy (non-hydrogen) atoms. The van der Waals surface area contributed by atoms with E-state index in [0.717, 1.165) is 133 Å². The summed E-state index contributed by atoms with van der Waals surface area (Å²) in [7, 11) is 0. The average molecular weight is 1800 g/mol. The molecule has 1 aliphatic carbocycles. The Kier molecular flexibility index (Phi) is 30.2. The molecule has 0 amide bonds. The van der Waals surface area contributed by atoms with E-state index < -0.39 is 30.5 Å². The number of fused-ring (bicyclic) bond motifs is 5. The van der Waals surface area contributed by atoms with Crippen molar-refractivity contribution in [2.75, 3.05) is 33.0 Å². The Morgan fingerprint density at radius 3 is 1.20 bits per heavy atom. The first-order valence-electron chi connectivity index (χ1n) is 44.8. The number of benzene rings is 8. The van der Waals surface area contributed by atoms with Crippen LogP contribution in [0.5, 0.6) is 0 Å². The molecule has 20 rings (SSSR count). The van der Waals surface area contributed by atoms with Crippen molar-refractivity contribution in [3.8, 4) is 45.0 Å². The molecule has 6 atom stereocenters. The largest absolute Gasteiger partial charge is 0.393 e. The summed E-state index contributed by atoms with van der Waals surface area (Å²) in [6, 6.07) is 94.4. The lowest BCUT2D eigenvalue weighted by atomic mass is 9.94. The normalized spacial score (nSPS) is 13.8. The standard InChI is InChI=1S/C23H22N2O2.2C22H21N3O2.C22H22N3O2.C22H21N3O2/c1-16-5-7-17(8-6-16)14-25-12-11-19-13-18(9-10-22(19)25)20-3-2-4-21(24-20)23(27)15-26;1-15-5-7-16(8-6-15)13-25-10-9-17-11-18(12-23-22(17)25)19-3-2-4-20(24-19)21(27)14-26;1-15-5-7-16(8-6-15)13-25-21-10-9-17(11-18(21)12-23-25)19-3-2-4-20(24-19)22(27)14-26;1-15-5-7-16(8-6-15)12-25-13-18-11-17(9-10-20(18)24-25)19-3-2-4-21(23-19)22(27)14-26;1-15-5-7-16(8-6-15)12-25-14-23-20-11-17(9-10-21(20)25)18-3-2-4-19(24-18)22(27)13-26/h2-13,23,26-27H,14-15H2,1H3;2-12,21,26-27H,13-14H2,1H3;2-12,22,26-27H,13-14H2,1H3;2-11,13,18,22,26-27H,12,14H2,1H3;2-11,14,22,26-27H,12-13H2,1H3/q;;;+1;/t23-;21-;22-;18?,22-;22-/m11111/s1. The molecule has 24 heteroatoms. The zero-order chi connectivity index (χ0) is 94.0. The lowest BCUT2D eigenvalue weighted by molar-refractivity contribution is -0.542. The van der Waals surface area contributed by atoms with Crippen LogP contribution in [-0.2, 0) is 32.7 Å². The highest BCUT2D eigenvalue weighted by Crippen LogP contribution is 2.33. The summed E-state index contributed by atoms with van der Waals surface area (Å²) in [5, 5.41) is 107. The van der Waals surface area contributed by atoms with Gasteiger partial charge in [-0.25, -0.2) is 34.9 Å². The van der Waals surface area contributed by atoms with Gasteiger partial charge in [0.2, 0.25) is 0 Å². The summed E-state index contributed by atoms with van der Waals surface area (Å²) in [5.41, 5.74) is 29.4. The number of nitrogens with zero attached hydrogens (tertiary/aromatic N) is 14. The van der Waals surface area contributed by atoms with Crippen LogP contribution in [0.3, 0.4) is 0 Å². The van der Waals surface area contributed by atoms with Gasteiger partial charge in [-0.2, -0.15) is 5.10 Å². The number of imidazole rings is 1. The molecule has 0 saturated heterocycles. The number of aliphatic hydroxyl groups is 10. The van der Waals surface area contributed by atoms with E-state index in [-0.39, 0.29) is 39.0 Å². The Morgan fingerprint density at radius 1 is 0.333 bits per heavy atom. The number of aromatic nitrogens is 12. The van der Waals surface area contributed by atoms with Crippen LogP contribution in [0.25, 0.3) is 94.5 Å². The first kappa shape index (κ1) is 93.3. The number of rotatable bonds is 25. The van der Waals surface area contributed by atoms with Gasteiger partial charge in [0.15, 0.2) is 12.8 Å². The quantitative estimate of drug-likeness (QED) is 0.0238. The molecule has 8 aromatic carbocycles. The lowest BCUT2D eigenvalue weighted by Gasteiger charge is -2.12. The maximum absolute atomic E-state index is 9.82. The van der Waals surface area contributed by atoms with Crippen molar-refractivity contribution < 1.29 is 55.7 Å². The third-order valence-corrected chi connectivity index (χ3v) is 23.6. The number of aliphatic hydroxyl groups excluding tert-OH is 10. The van der Waals surface area contributed by atoms with Crippen molar-refractivity contribution in [2.45, 2.75) is 97.9 Å². The van der Waals surface area contributed by atoms with E-state index >= 15 is 0 Å². The van der Waals surface area contributed by atoms with Gasteiger partial charge in [-0.15, -0.1) is 0 Å². The third-order valence-electron chi connectivity index (χ3n) is 23.6. The van der Waals surface area contributed by atoms with Gasteiger partial charge in [-0.3, -0.25) is 4.68 Å². The molecule has 0 spiro atoms. The Labute approximate surface area is 782 Å². The second-order valence-electron chi connectivity index (χ2n) is 33.9. The molecule has 2 aliphatic rings. The number of hydrogen-bond acceptors (Lipinski definition) is 19. The minimum Gasteiger partial charge on any atom is -0.393 e. The molecule has 680 valence electrons. The predicted molar refractivity (Wildman–Crippen MR) is 529 cm³/mol. The molecule has 10 aromatic heterocycles. The van der Waals surface area contributed by atoms with Gasteiger partial charge in [-0.05, 0) is 189 Å². The summed E-state index contributed by atoms with van der Waals surface area (Å²) in [6.07, 6.45) is 13.1. The van der Waals surface area contributed by atoms with E-state index in [0.29, 0.717) is 28.5 Å². The van der Waals surface area contributed by atoms with E-state index in [1.165, 1.54) is 61.2 Å². The zero-order valence-corrected chi connectivity index (χ0v) is 75.6. The van der Waals surface area contributed by atoms with E-state index in [4.69, 9.17) is 25.5 Å². The van der Waals surface area contributed by atoms with E-state index in [1.54, 1.807) is 36.5 Å². The fourth-order valence-electron chi connectivity index (χ4n) is 15.9. The number of hydrazone groups is 1. The Morgan fingerprint density at radius 2 is 0.719 bits per heavy atom. The lowest BCUT2D eigenvalue weighted by Crippen LogP contribution is -2.12. The van der Waals surface area contributed by atoms with Gasteiger partial charge < -0.3 is 64.8 Å². The Hall–Kier alpha value is -14.9. The van der Waals surface area contributed by atoms with Crippen molar-refractivity contribution in [1.29, 1.82) is 0 Å². The topological polar surface area (TPSA) is 341 Å². The molecule has 0 saturated carbocycles. The van der Waals surface area contributed by atoms with Crippen molar-refractivity contribution >= 4 is 61.4 Å². The maximum atomic E-state index is 9.82. The Balaban J connectivity index is 0.000000123. The second kappa shape index (κ2) is 43.6. The smallest absolute Gasteiger partial charge is 0.199 e. The van der Waals surface area contributed by atoms with Gasteiger partial charge in [-0.1, -0.05) is 215 Å². The minimum atomic E-state index is -0.975. The molecular formula is C111H107N14O10+. The van der Waals surface area contributed by atoms with E-state index in [9.17, 15) is 25.5 Å². The SMILES string of the molecule is Cc1ccc(C[N+]2=CC3C=C(c4cccc([C@H](O)CO)n4)C=CC3=N2)cc1.Cc1ccc(Cn2ccc3cc(-c4cccc([C@H](O)CO)n4)ccc32)cc1.Cc1ccc(Cn2ccc3cc(-c4cccc([C@H](O)CO)n4)cnc32)cc1.Cc1ccc(Cn2cnc3cc(-c4cccc([C@H](O)CO)n4)ccc32)cc1.Cc1ccc(Cn2ncc3cc(-c4cccc([C@H](O)CO)n4)ccc32)cc1. The van der Waals surface area contributed by atoms with Crippen molar-refractivity contribution in [1.82, 2.24) is 58.4 Å². The molecule has 1 unspecified atom stereocenters. The second-order valence-corrected chi connectivity index (χ2v) is 33.9. The van der Waals surface area contributed by atoms with E-state index in [1.807, 2.05) is 156 Å². The van der Waals surface area contributed by atoms with Gasteiger partial charge in [0, 0.05) is 87.7 Å². The van der Waals surface area contributed by atoms with Gasteiger partial charge in [0.1, 0.15) is 47.8 Å². The molecular weight excluding hydrogens is 1690 g/mol. The molecule has 24 nitrogen and oxygen atoms in total. The fraction of sp³-hybridized carbons (Fsp3) is 0.189. The summed E-state index contributed by atoms with van der Waals surface area (Å²) < 4.78 is 10.5. The van der Waals surface area contributed by atoms with Crippen LogP contribution in [0, 0.1) is 40.5 Å². The highest BCUT2D eigenvalue weighted by atomic mass is 16.3. The molecule has 0 fully saturated rings. The molecule has 10 N–H and O–H groups in total. The molecule has 0 radical (unpaired) electrons. The van der Waals surface area contributed by atoms with Crippen molar-refractivity contribution in [3.63, 3.8) is 0 Å². The first-order valence-corrected chi connectivity index (χ1v) is 44.8. The van der Waals surface area contributed by atoms with Crippen molar-refractivity contribution in [3.05, 3.63) is 424 Å². The maximum Gasteiger partial charge on any atom is 0.199 e. The summed E-state index contributed by atoms with van der Waals surface area (Å²) in [6.45, 7) is 12.5. The first-order chi connectivity index (χ1) is 65.7. The summed E-state index contributed by atoms with van der Waals surface area (Å²) in [5.74, 6) is 0.115. The molecule has 11 heterocycles. The van der Waals surface area contributed by atoms with Gasteiger partial charge in [0.05, 0.1) is 126 Å². The van der Waals surface area contributed by atoms with Gasteiger partial charge >= 0.3 is 0 Å². The van der Waals surface area contributed by atoms with E-state index in [2.05, 4.69) is 251 Å². The summed E-state index contributed by atoms with van der Waals surface area (Å²) >= 11 is 0. The zero-order valence-electron chi connectivity index (χ0n) is 75.6. The number of aryl methyl sites for hydroxylation is 5. The van der Waals surface area contributed by atoms with Crippen LogP contribution in [0.2, 0.25) is 0 Å². The van der Waals surface area contributed by atoms with Crippen LogP contribution in [0.1, 0.15) is 120 Å². The van der Waals surface area contributed by atoms with Crippen molar-refractivity contribution in [2.24, 2.45) is 11.0 Å². The predicted octanol–water partition coefficient (Wildman–Crippen LogP) is 17.2. The number of pyridine rings is 6. The average Bonchev–Trinajstić information content (AvgIpc) is 1.61. The third kappa shape index (κ3) is 23.4. The van der Waals surface area contributed by atoms with Crippen LogP contribution in [0.15, 0.2) is 340 Å². The molecule has 0 bridgehead atoms. The summed E-state index contributed by atoms with van der Waals surface area (Å²) in [4.78, 5) is 31.5. The van der Waals surface area contributed by atoms with Crippen LogP contribution in [0.4, 0.5) is 0 Å². The van der Waals surface area contributed by atoms with Gasteiger partial charge in [0.25, 0.3) is 0 Å².